The lowest BCUT2D eigenvalue weighted by Gasteiger charge is -2.23. The summed E-state index contributed by atoms with van der Waals surface area (Å²) in [4.78, 5) is 13.2. The number of methoxy groups -OCH3 is 1. The van der Waals surface area contributed by atoms with Gasteiger partial charge in [-0.05, 0) is 62.6 Å². The molecule has 1 aromatic heterocycles. The molecule has 5 nitrogen and oxygen atoms in total. The molecule has 0 atom stereocenters. The van der Waals surface area contributed by atoms with E-state index in [0.717, 1.165) is 46.6 Å². The van der Waals surface area contributed by atoms with Crippen LogP contribution in [0.1, 0.15) is 49.3 Å². The van der Waals surface area contributed by atoms with Gasteiger partial charge in [0.15, 0.2) is 11.5 Å². The summed E-state index contributed by atoms with van der Waals surface area (Å²) in [7, 11) is 1.64. The number of ether oxygens (including phenoxy) is 3. The van der Waals surface area contributed by atoms with Gasteiger partial charge in [0.2, 0.25) is 0 Å². The summed E-state index contributed by atoms with van der Waals surface area (Å²) >= 11 is 6.28. The maximum absolute atomic E-state index is 13.2. The second-order valence-electron chi connectivity index (χ2n) is 7.41. The van der Waals surface area contributed by atoms with Gasteiger partial charge in [0.25, 0.3) is 0 Å². The number of rotatable bonds is 6. The first-order chi connectivity index (χ1) is 16.0. The number of esters is 1. The van der Waals surface area contributed by atoms with Gasteiger partial charge >= 0.3 is 5.97 Å². The van der Waals surface area contributed by atoms with Crippen molar-refractivity contribution in [3.63, 3.8) is 0 Å². The summed E-state index contributed by atoms with van der Waals surface area (Å²) in [6.45, 7) is 11.4. The predicted octanol–water partition coefficient (Wildman–Crippen LogP) is 6.95. The zero-order valence-electron chi connectivity index (χ0n) is 20.3. The quantitative estimate of drug-likeness (QED) is 0.366. The zero-order chi connectivity index (χ0) is 24.1. The molecular formula is C27H32ClNO4. The molecule has 0 bridgehead atoms. The first-order valence-corrected chi connectivity index (χ1v) is 11.9. The van der Waals surface area contributed by atoms with Crippen LogP contribution in [0.3, 0.4) is 0 Å². The topological polar surface area (TPSA) is 49.7 Å². The Morgan fingerprint density at radius 3 is 2.48 bits per heavy atom. The van der Waals surface area contributed by atoms with Crippen LogP contribution >= 0.6 is 11.6 Å². The molecule has 0 saturated carbocycles. The summed E-state index contributed by atoms with van der Waals surface area (Å²) in [5.74, 6) is 1.02. The third-order valence-corrected chi connectivity index (χ3v) is 5.90. The summed E-state index contributed by atoms with van der Waals surface area (Å²) in [6, 6.07) is 11.6. The Hall–Kier alpha value is -2.92. The van der Waals surface area contributed by atoms with Crippen molar-refractivity contribution >= 4 is 17.6 Å². The highest BCUT2D eigenvalue weighted by Crippen LogP contribution is 2.45. The van der Waals surface area contributed by atoms with Gasteiger partial charge in [-0.2, -0.15) is 0 Å². The van der Waals surface area contributed by atoms with Gasteiger partial charge in [0.05, 0.1) is 31.6 Å². The van der Waals surface area contributed by atoms with Gasteiger partial charge in [-0.1, -0.05) is 37.6 Å². The SMILES string of the molecule is CC.CCOC(=O)c1c(-c2cccc(Cl)c2)c(C)n2c1-c1cc(OCC)c(OC)cc1CC2. The predicted molar refractivity (Wildman–Crippen MR) is 134 cm³/mol. The highest BCUT2D eigenvalue weighted by molar-refractivity contribution is 6.31. The van der Waals surface area contributed by atoms with Gasteiger partial charge in [0, 0.05) is 28.4 Å². The molecule has 6 heteroatoms. The Bertz CT molecular complexity index is 1150. The molecule has 1 aliphatic heterocycles. The lowest BCUT2D eigenvalue weighted by Crippen LogP contribution is -2.15. The second-order valence-corrected chi connectivity index (χ2v) is 7.85. The van der Waals surface area contributed by atoms with Crippen molar-refractivity contribution < 1.29 is 19.0 Å². The Labute approximate surface area is 201 Å². The van der Waals surface area contributed by atoms with E-state index in [1.165, 1.54) is 0 Å². The van der Waals surface area contributed by atoms with Gasteiger partial charge in [-0.15, -0.1) is 0 Å². The Morgan fingerprint density at radius 2 is 1.85 bits per heavy atom. The number of aryl methyl sites for hydroxylation is 1. The van der Waals surface area contributed by atoms with Crippen LogP contribution in [0, 0.1) is 6.92 Å². The van der Waals surface area contributed by atoms with Crippen LogP contribution in [0.2, 0.25) is 5.02 Å². The molecule has 0 radical (unpaired) electrons. The third kappa shape index (κ3) is 4.60. The number of nitrogens with zero attached hydrogens (tertiary/aromatic N) is 1. The van der Waals surface area contributed by atoms with Crippen LogP contribution in [-0.2, 0) is 17.7 Å². The molecule has 0 spiro atoms. The van der Waals surface area contributed by atoms with E-state index in [2.05, 4.69) is 4.57 Å². The number of hydrogen-bond acceptors (Lipinski definition) is 4. The molecule has 0 fully saturated rings. The first-order valence-electron chi connectivity index (χ1n) is 11.5. The first kappa shape index (κ1) is 24.7. The van der Waals surface area contributed by atoms with E-state index in [-0.39, 0.29) is 5.97 Å². The molecule has 0 unspecified atom stereocenters. The number of fused-ring (bicyclic) bond motifs is 3. The lowest BCUT2D eigenvalue weighted by atomic mass is 9.93. The van der Waals surface area contributed by atoms with Crippen molar-refractivity contribution in [2.75, 3.05) is 20.3 Å². The van der Waals surface area contributed by atoms with E-state index in [9.17, 15) is 4.79 Å². The van der Waals surface area contributed by atoms with Crippen LogP contribution in [0.5, 0.6) is 11.5 Å². The molecule has 0 amide bonds. The van der Waals surface area contributed by atoms with Gasteiger partial charge in [-0.3, -0.25) is 0 Å². The molecule has 4 rings (SSSR count). The fraction of sp³-hybridized carbons (Fsp3) is 0.370. The molecule has 3 aromatic rings. The fourth-order valence-electron chi connectivity index (χ4n) is 4.39. The number of halogens is 1. The van der Waals surface area contributed by atoms with Crippen molar-refractivity contribution in [2.24, 2.45) is 0 Å². The van der Waals surface area contributed by atoms with Crippen molar-refractivity contribution in [2.45, 2.75) is 47.6 Å². The van der Waals surface area contributed by atoms with E-state index in [0.29, 0.717) is 35.3 Å². The molecule has 2 aromatic carbocycles. The Balaban J connectivity index is 0.00000149. The number of hydrogen-bond donors (Lipinski definition) is 0. The summed E-state index contributed by atoms with van der Waals surface area (Å²) in [6.07, 6.45) is 0.831. The van der Waals surface area contributed by atoms with Crippen molar-refractivity contribution in [3.05, 3.63) is 58.2 Å². The third-order valence-electron chi connectivity index (χ3n) is 5.67. The fourth-order valence-corrected chi connectivity index (χ4v) is 4.58. The average Bonchev–Trinajstić information content (AvgIpc) is 3.13. The molecule has 1 aliphatic rings. The number of benzene rings is 2. The smallest absolute Gasteiger partial charge is 0.340 e. The van der Waals surface area contributed by atoms with Crippen LogP contribution < -0.4 is 9.47 Å². The highest BCUT2D eigenvalue weighted by atomic mass is 35.5. The minimum Gasteiger partial charge on any atom is -0.493 e. The molecule has 33 heavy (non-hydrogen) atoms. The van der Waals surface area contributed by atoms with Gasteiger partial charge in [0.1, 0.15) is 0 Å². The van der Waals surface area contributed by atoms with E-state index < -0.39 is 0 Å². The van der Waals surface area contributed by atoms with Gasteiger partial charge in [-0.25, -0.2) is 4.79 Å². The average molecular weight is 470 g/mol. The van der Waals surface area contributed by atoms with Crippen LogP contribution in [0.15, 0.2) is 36.4 Å². The van der Waals surface area contributed by atoms with Crippen molar-refractivity contribution in [3.8, 4) is 33.9 Å². The molecule has 0 N–H and O–H groups in total. The lowest BCUT2D eigenvalue weighted by molar-refractivity contribution is 0.0528. The Morgan fingerprint density at radius 1 is 1.09 bits per heavy atom. The van der Waals surface area contributed by atoms with Crippen molar-refractivity contribution in [1.82, 2.24) is 4.57 Å². The number of carbonyl (C=O) groups excluding carboxylic acids is 1. The normalized spacial score (nSPS) is 11.6. The van der Waals surface area contributed by atoms with Crippen LogP contribution in [0.25, 0.3) is 22.4 Å². The molecule has 0 saturated heterocycles. The summed E-state index contributed by atoms with van der Waals surface area (Å²) in [5, 5.41) is 0.625. The van der Waals surface area contributed by atoms with E-state index >= 15 is 0 Å². The van der Waals surface area contributed by atoms with Crippen molar-refractivity contribution in [1.29, 1.82) is 0 Å². The zero-order valence-corrected chi connectivity index (χ0v) is 21.0. The molecule has 2 heterocycles. The number of carbonyl (C=O) groups is 1. The van der Waals surface area contributed by atoms with E-state index in [4.69, 9.17) is 25.8 Å². The van der Waals surface area contributed by atoms with Crippen LogP contribution in [0.4, 0.5) is 0 Å². The van der Waals surface area contributed by atoms with E-state index in [1.807, 2.05) is 71.0 Å². The monoisotopic (exact) mass is 469 g/mol. The molecular weight excluding hydrogens is 438 g/mol. The number of aromatic nitrogens is 1. The van der Waals surface area contributed by atoms with Crippen LogP contribution in [-0.4, -0.2) is 30.9 Å². The molecule has 0 aliphatic carbocycles. The highest BCUT2D eigenvalue weighted by Gasteiger charge is 2.32. The minimum atomic E-state index is -0.337. The Kier molecular flexibility index (Phi) is 8.09. The van der Waals surface area contributed by atoms with E-state index in [1.54, 1.807) is 7.11 Å². The second kappa shape index (κ2) is 10.8. The largest absolute Gasteiger partial charge is 0.493 e. The summed E-state index contributed by atoms with van der Waals surface area (Å²) < 4.78 is 19.1. The maximum Gasteiger partial charge on any atom is 0.340 e. The maximum atomic E-state index is 13.2. The standard InChI is InChI=1S/C25H26ClNO4.C2H6/c1-5-30-21-14-19-16(13-20(21)29-4)10-11-27-15(3)22(17-8-7-9-18(26)12-17)23(24(19)27)25(28)31-6-2;1-2/h7-9,12-14H,5-6,10-11H2,1-4H3;1-2H3. The molecule has 176 valence electrons. The minimum absolute atomic E-state index is 0.303. The summed E-state index contributed by atoms with van der Waals surface area (Å²) in [5.41, 5.74) is 6.28. The van der Waals surface area contributed by atoms with Gasteiger partial charge < -0.3 is 18.8 Å².